The van der Waals surface area contributed by atoms with Gasteiger partial charge in [-0.1, -0.05) is 6.07 Å². The van der Waals surface area contributed by atoms with Gasteiger partial charge in [0.15, 0.2) is 0 Å². The van der Waals surface area contributed by atoms with Crippen molar-refractivity contribution in [1.82, 2.24) is 14.2 Å². The molecule has 3 rings (SSSR count). The Bertz CT molecular complexity index is 857. The highest BCUT2D eigenvalue weighted by atomic mass is 32.2. The highest BCUT2D eigenvalue weighted by molar-refractivity contribution is 7.88. The van der Waals surface area contributed by atoms with Crippen LogP contribution in [0.1, 0.15) is 23.2 Å². The maximum Gasteiger partial charge on any atom is 0.251 e. The van der Waals surface area contributed by atoms with Crippen LogP contribution in [0.25, 0.3) is 10.9 Å². The maximum atomic E-state index is 12.4. The Morgan fingerprint density at radius 2 is 2.12 bits per heavy atom. The van der Waals surface area contributed by atoms with Crippen LogP contribution in [0.3, 0.4) is 0 Å². The molecule has 0 spiro atoms. The number of nitrogens with zero attached hydrogens (tertiary/aromatic N) is 2. The van der Waals surface area contributed by atoms with Gasteiger partial charge in [0.05, 0.1) is 6.26 Å². The molecule has 1 fully saturated rings. The standard InChI is InChI=1S/C17H23N3O3S/c1-19-9-7-14-5-6-15(10-16(14)19)17(21)18-11-13-4-3-8-20(12-13)24(2,22)23/h5-7,9-10,13H,3-4,8,11-12H2,1-2H3,(H,18,21)/t13-/m0/s1. The summed E-state index contributed by atoms with van der Waals surface area (Å²) in [6.45, 7) is 1.55. The number of sulfonamides is 1. The SMILES string of the molecule is Cn1ccc2ccc(C(=O)NC[C@@H]3CCCN(S(C)(=O)=O)C3)cc21. The van der Waals surface area contributed by atoms with Gasteiger partial charge in [-0.05, 0) is 42.3 Å². The van der Waals surface area contributed by atoms with Crippen LogP contribution in [0, 0.1) is 5.92 Å². The van der Waals surface area contributed by atoms with Crippen molar-refractivity contribution in [3.63, 3.8) is 0 Å². The van der Waals surface area contributed by atoms with E-state index in [0.717, 1.165) is 23.7 Å². The molecule has 2 heterocycles. The molecule has 24 heavy (non-hydrogen) atoms. The van der Waals surface area contributed by atoms with Crippen molar-refractivity contribution >= 4 is 26.8 Å². The van der Waals surface area contributed by atoms with E-state index in [-0.39, 0.29) is 11.8 Å². The Morgan fingerprint density at radius 3 is 2.88 bits per heavy atom. The van der Waals surface area contributed by atoms with E-state index in [1.807, 2.05) is 42.1 Å². The Hall–Kier alpha value is -1.86. The van der Waals surface area contributed by atoms with E-state index < -0.39 is 10.0 Å². The zero-order valence-electron chi connectivity index (χ0n) is 14.0. The number of fused-ring (bicyclic) bond motifs is 1. The van der Waals surface area contributed by atoms with Gasteiger partial charge in [-0.15, -0.1) is 0 Å². The van der Waals surface area contributed by atoms with Crippen LogP contribution >= 0.6 is 0 Å². The molecule has 7 heteroatoms. The van der Waals surface area contributed by atoms with Crippen molar-refractivity contribution in [2.45, 2.75) is 12.8 Å². The molecule has 1 atom stereocenters. The Kier molecular flexibility index (Phi) is 4.64. The normalized spacial score (nSPS) is 19.5. The van der Waals surface area contributed by atoms with Gasteiger partial charge in [0.1, 0.15) is 0 Å². The summed E-state index contributed by atoms with van der Waals surface area (Å²) in [6, 6.07) is 7.66. The molecule has 0 bridgehead atoms. The van der Waals surface area contributed by atoms with Crippen LogP contribution in [-0.2, 0) is 17.1 Å². The minimum atomic E-state index is -3.15. The third kappa shape index (κ3) is 3.62. The summed E-state index contributed by atoms with van der Waals surface area (Å²) in [5, 5.41) is 4.05. The van der Waals surface area contributed by atoms with Crippen molar-refractivity contribution in [3.8, 4) is 0 Å². The number of nitrogens with one attached hydrogen (secondary N) is 1. The van der Waals surface area contributed by atoms with Crippen LogP contribution in [0.4, 0.5) is 0 Å². The van der Waals surface area contributed by atoms with Crippen LogP contribution in [0.5, 0.6) is 0 Å². The average Bonchev–Trinajstić information content (AvgIpc) is 2.93. The number of hydrogen-bond donors (Lipinski definition) is 1. The first-order chi connectivity index (χ1) is 11.3. The summed E-state index contributed by atoms with van der Waals surface area (Å²) >= 11 is 0. The molecule has 1 amide bonds. The molecule has 6 nitrogen and oxygen atoms in total. The lowest BCUT2D eigenvalue weighted by atomic mass is 9.99. The van der Waals surface area contributed by atoms with Crippen molar-refractivity contribution in [1.29, 1.82) is 0 Å². The van der Waals surface area contributed by atoms with E-state index in [1.54, 1.807) is 0 Å². The van der Waals surface area contributed by atoms with E-state index in [1.165, 1.54) is 10.6 Å². The van der Waals surface area contributed by atoms with Gasteiger partial charge in [0.25, 0.3) is 5.91 Å². The molecule has 1 aromatic heterocycles. The number of rotatable bonds is 4. The van der Waals surface area contributed by atoms with Crippen molar-refractivity contribution in [3.05, 3.63) is 36.0 Å². The molecule has 1 N–H and O–H groups in total. The molecule has 1 saturated heterocycles. The molecule has 1 aromatic carbocycles. The van der Waals surface area contributed by atoms with Gasteiger partial charge in [0, 0.05) is 44.0 Å². The highest BCUT2D eigenvalue weighted by Gasteiger charge is 2.26. The molecule has 2 aromatic rings. The fourth-order valence-corrected chi connectivity index (χ4v) is 4.18. The molecule has 0 aliphatic carbocycles. The minimum absolute atomic E-state index is 0.116. The zero-order chi connectivity index (χ0) is 17.3. The van der Waals surface area contributed by atoms with Crippen LogP contribution in [0.15, 0.2) is 30.5 Å². The average molecular weight is 349 g/mol. The lowest BCUT2D eigenvalue weighted by Gasteiger charge is -2.30. The summed E-state index contributed by atoms with van der Waals surface area (Å²) in [6.07, 6.45) is 4.98. The summed E-state index contributed by atoms with van der Waals surface area (Å²) in [5.41, 5.74) is 1.64. The quantitative estimate of drug-likeness (QED) is 0.911. The number of aromatic nitrogens is 1. The van der Waals surface area contributed by atoms with E-state index in [4.69, 9.17) is 0 Å². The largest absolute Gasteiger partial charge is 0.352 e. The lowest BCUT2D eigenvalue weighted by molar-refractivity contribution is 0.0941. The van der Waals surface area contributed by atoms with Crippen molar-refractivity contribution in [2.75, 3.05) is 25.9 Å². The highest BCUT2D eigenvalue weighted by Crippen LogP contribution is 2.19. The number of amides is 1. The monoisotopic (exact) mass is 349 g/mol. The Morgan fingerprint density at radius 1 is 1.33 bits per heavy atom. The predicted molar refractivity (Wildman–Crippen MR) is 94.4 cm³/mol. The number of carbonyl (C=O) groups excluding carboxylic acids is 1. The van der Waals surface area contributed by atoms with E-state index in [0.29, 0.717) is 25.2 Å². The second kappa shape index (κ2) is 6.57. The molecule has 1 aliphatic heterocycles. The van der Waals surface area contributed by atoms with Crippen LogP contribution in [-0.4, -0.2) is 49.1 Å². The fraction of sp³-hybridized carbons (Fsp3) is 0.471. The number of benzene rings is 1. The van der Waals surface area contributed by atoms with E-state index >= 15 is 0 Å². The number of hydrogen-bond acceptors (Lipinski definition) is 3. The molecule has 0 unspecified atom stereocenters. The Balaban J connectivity index is 1.63. The molecular weight excluding hydrogens is 326 g/mol. The Labute approximate surface area is 142 Å². The fourth-order valence-electron chi connectivity index (χ4n) is 3.24. The van der Waals surface area contributed by atoms with Gasteiger partial charge >= 0.3 is 0 Å². The van der Waals surface area contributed by atoms with Crippen LogP contribution < -0.4 is 5.32 Å². The second-order valence-corrected chi connectivity index (χ2v) is 8.52. The molecule has 130 valence electrons. The number of carbonyl (C=O) groups is 1. The van der Waals surface area contributed by atoms with E-state index in [2.05, 4.69) is 5.32 Å². The number of aryl methyl sites for hydroxylation is 1. The molecule has 0 saturated carbocycles. The third-order valence-electron chi connectivity index (χ3n) is 4.65. The first-order valence-electron chi connectivity index (χ1n) is 8.13. The van der Waals surface area contributed by atoms with Gasteiger partial charge in [-0.3, -0.25) is 4.79 Å². The summed E-state index contributed by atoms with van der Waals surface area (Å²) < 4.78 is 26.8. The van der Waals surface area contributed by atoms with Gasteiger partial charge in [0.2, 0.25) is 10.0 Å². The smallest absolute Gasteiger partial charge is 0.251 e. The lowest BCUT2D eigenvalue weighted by Crippen LogP contribution is -2.43. The van der Waals surface area contributed by atoms with Gasteiger partial charge < -0.3 is 9.88 Å². The topological polar surface area (TPSA) is 71.4 Å². The molecule has 0 radical (unpaired) electrons. The van der Waals surface area contributed by atoms with Gasteiger partial charge in [-0.25, -0.2) is 12.7 Å². The zero-order valence-corrected chi connectivity index (χ0v) is 14.8. The maximum absolute atomic E-state index is 12.4. The van der Waals surface area contributed by atoms with Crippen molar-refractivity contribution in [2.24, 2.45) is 13.0 Å². The molecular formula is C17H23N3O3S. The predicted octanol–water partition coefficient (Wildman–Crippen LogP) is 1.58. The van der Waals surface area contributed by atoms with Crippen LogP contribution in [0.2, 0.25) is 0 Å². The van der Waals surface area contributed by atoms with Gasteiger partial charge in [-0.2, -0.15) is 0 Å². The first kappa shape index (κ1) is 17.0. The second-order valence-electron chi connectivity index (χ2n) is 6.54. The van der Waals surface area contributed by atoms with E-state index in [9.17, 15) is 13.2 Å². The third-order valence-corrected chi connectivity index (χ3v) is 5.92. The first-order valence-corrected chi connectivity index (χ1v) is 9.98. The summed E-state index contributed by atoms with van der Waals surface area (Å²) in [7, 11) is -1.20. The summed E-state index contributed by atoms with van der Waals surface area (Å²) in [5.74, 6) is 0.0470. The minimum Gasteiger partial charge on any atom is -0.352 e. The molecule has 1 aliphatic rings. The van der Waals surface area contributed by atoms with Crippen molar-refractivity contribution < 1.29 is 13.2 Å². The number of piperidine rings is 1. The summed E-state index contributed by atoms with van der Waals surface area (Å²) in [4.78, 5) is 12.4.